The second kappa shape index (κ2) is 14.1. The van der Waals surface area contributed by atoms with Crippen LogP contribution in [0.4, 0.5) is 0 Å². The van der Waals surface area contributed by atoms with E-state index >= 15 is 0 Å². The van der Waals surface area contributed by atoms with Gasteiger partial charge in [-0.15, -0.1) is 11.8 Å². The number of ether oxygens (including phenoxy) is 2. The number of nitriles is 1. The zero-order valence-corrected chi connectivity index (χ0v) is 23.6. The summed E-state index contributed by atoms with van der Waals surface area (Å²) < 4.78 is 11.6. The number of methoxy groups -OCH3 is 1. The maximum Gasteiger partial charge on any atom is 0.300 e. The van der Waals surface area contributed by atoms with Crippen molar-refractivity contribution < 1.29 is 24.2 Å². The highest BCUT2D eigenvalue weighted by atomic mass is 32.2. The summed E-state index contributed by atoms with van der Waals surface area (Å²) in [5, 5.41) is 23.4. The van der Waals surface area contributed by atoms with Crippen molar-refractivity contribution in [2.45, 2.75) is 31.6 Å². The number of aliphatic carboxylic acids is 1. The van der Waals surface area contributed by atoms with Crippen molar-refractivity contribution >= 4 is 34.4 Å². The number of allylic oxidation sites excluding steroid dienone is 1. The van der Waals surface area contributed by atoms with E-state index in [0.717, 1.165) is 23.6 Å². The summed E-state index contributed by atoms with van der Waals surface area (Å²) in [6, 6.07) is 32.3. The van der Waals surface area contributed by atoms with Crippen LogP contribution in [0.1, 0.15) is 36.0 Å². The molecule has 1 heterocycles. The first-order valence-electron chi connectivity index (χ1n) is 13.0. The first-order chi connectivity index (χ1) is 19.9. The number of fused-ring (bicyclic) bond motifs is 1. The predicted molar refractivity (Wildman–Crippen MR) is 160 cm³/mol. The van der Waals surface area contributed by atoms with Crippen molar-refractivity contribution in [1.82, 2.24) is 5.32 Å². The molecule has 0 saturated heterocycles. The van der Waals surface area contributed by atoms with Crippen molar-refractivity contribution in [3.63, 3.8) is 0 Å². The minimum absolute atomic E-state index is 0.104. The lowest BCUT2D eigenvalue weighted by molar-refractivity contribution is -0.134. The van der Waals surface area contributed by atoms with Gasteiger partial charge in [0.25, 0.3) is 5.97 Å². The fourth-order valence-electron chi connectivity index (χ4n) is 4.54. The predicted octanol–water partition coefficient (Wildman–Crippen LogP) is 6.79. The maximum absolute atomic E-state index is 12.7. The smallest absolute Gasteiger partial charge is 0.300 e. The van der Waals surface area contributed by atoms with Crippen LogP contribution in [-0.4, -0.2) is 24.1 Å². The lowest BCUT2D eigenvalue weighted by Gasteiger charge is -2.26. The van der Waals surface area contributed by atoms with E-state index in [0.29, 0.717) is 34.5 Å². The van der Waals surface area contributed by atoms with Crippen LogP contribution < -0.4 is 14.8 Å². The molecule has 8 heteroatoms. The summed E-state index contributed by atoms with van der Waals surface area (Å²) in [4.78, 5) is 21.7. The van der Waals surface area contributed by atoms with Crippen LogP contribution in [-0.2, 0) is 21.9 Å². The molecular weight excluding hydrogens is 536 g/mol. The second-order valence-corrected chi connectivity index (χ2v) is 10.3. The average molecular weight is 567 g/mol. The minimum atomic E-state index is -0.833. The molecule has 2 N–H and O–H groups in total. The first kappa shape index (κ1) is 29.2. The third-order valence-electron chi connectivity index (χ3n) is 6.44. The summed E-state index contributed by atoms with van der Waals surface area (Å²) in [6.07, 6.45) is 0.203. The zero-order chi connectivity index (χ0) is 29.2. The third kappa shape index (κ3) is 7.68. The van der Waals surface area contributed by atoms with Gasteiger partial charge in [0, 0.05) is 25.0 Å². The van der Waals surface area contributed by atoms with Crippen LogP contribution in [0, 0.1) is 11.3 Å². The standard InChI is InChI=1S/C31H26N2O3S.C2H4O2/c1-35-29-16-23(14-15-28(29)36-19-21-8-3-2-4-9-21)26-17-30(34)33-31(27(26)18-32)37-20-24-12-7-11-22-10-5-6-13-25(22)24;1-2(3)4/h2-16,26H,17,19-20H2,1H3,(H,33,34);1H3,(H,3,4). The van der Waals surface area contributed by atoms with Crippen LogP contribution in [0.5, 0.6) is 11.5 Å². The number of carbonyl (C=O) groups excluding carboxylic acids is 1. The molecule has 4 aromatic carbocycles. The SMILES string of the molecule is CC(=O)O.COc1cc(C2CC(=O)NC(SCc3cccc4ccccc34)=C2C#N)ccc1OCc1ccccc1. The largest absolute Gasteiger partial charge is 0.493 e. The number of carbonyl (C=O) groups is 2. The minimum Gasteiger partial charge on any atom is -0.493 e. The Labute approximate surface area is 243 Å². The number of hydrogen-bond donors (Lipinski definition) is 2. The lowest BCUT2D eigenvalue weighted by atomic mass is 9.87. The van der Waals surface area contributed by atoms with E-state index in [1.54, 1.807) is 7.11 Å². The highest BCUT2D eigenvalue weighted by Crippen LogP contribution is 2.40. The van der Waals surface area contributed by atoms with Gasteiger partial charge in [-0.25, -0.2) is 0 Å². The maximum atomic E-state index is 12.7. The number of hydrogen-bond acceptors (Lipinski definition) is 6. The molecule has 1 amide bonds. The average Bonchev–Trinajstić information content (AvgIpc) is 2.98. The molecule has 7 nitrogen and oxygen atoms in total. The van der Waals surface area contributed by atoms with E-state index in [9.17, 15) is 10.1 Å². The highest BCUT2D eigenvalue weighted by Gasteiger charge is 2.30. The van der Waals surface area contributed by atoms with Gasteiger partial charge in [0.2, 0.25) is 5.91 Å². The number of carboxylic acid groups (broad SMARTS) is 1. The van der Waals surface area contributed by atoms with E-state index in [-0.39, 0.29) is 18.2 Å². The molecule has 0 bridgehead atoms. The van der Waals surface area contributed by atoms with E-state index < -0.39 is 5.97 Å². The van der Waals surface area contributed by atoms with Gasteiger partial charge in [-0.2, -0.15) is 5.26 Å². The molecule has 1 aliphatic heterocycles. The summed E-state index contributed by atoms with van der Waals surface area (Å²) in [6.45, 7) is 1.50. The van der Waals surface area contributed by atoms with Crippen molar-refractivity contribution in [1.29, 1.82) is 5.26 Å². The number of thioether (sulfide) groups is 1. The highest BCUT2D eigenvalue weighted by molar-refractivity contribution is 8.02. The third-order valence-corrected chi connectivity index (χ3v) is 7.50. The molecule has 208 valence electrons. The molecule has 0 spiro atoms. The summed E-state index contributed by atoms with van der Waals surface area (Å²) >= 11 is 1.49. The zero-order valence-electron chi connectivity index (χ0n) is 22.8. The molecule has 4 aromatic rings. The number of carboxylic acids is 1. The van der Waals surface area contributed by atoms with Crippen LogP contribution in [0.25, 0.3) is 10.8 Å². The van der Waals surface area contributed by atoms with Crippen LogP contribution in [0.15, 0.2) is 102 Å². The number of nitrogens with zero attached hydrogens (tertiary/aromatic N) is 1. The van der Waals surface area contributed by atoms with Crippen molar-refractivity contribution in [3.8, 4) is 17.6 Å². The van der Waals surface area contributed by atoms with Gasteiger partial charge in [0.15, 0.2) is 11.5 Å². The number of benzene rings is 4. The Morgan fingerprint density at radius 2 is 1.73 bits per heavy atom. The summed E-state index contributed by atoms with van der Waals surface area (Å²) in [5.41, 5.74) is 3.62. The van der Waals surface area contributed by atoms with E-state index in [1.807, 2.05) is 66.7 Å². The van der Waals surface area contributed by atoms with Crippen molar-refractivity contribution in [2.75, 3.05) is 7.11 Å². The first-order valence-corrected chi connectivity index (χ1v) is 14.0. The van der Waals surface area contributed by atoms with Gasteiger partial charge < -0.3 is 19.9 Å². The quantitative estimate of drug-likeness (QED) is 0.242. The molecule has 0 fully saturated rings. The monoisotopic (exact) mass is 566 g/mol. The molecule has 1 aliphatic rings. The Kier molecular flexibility index (Phi) is 10.0. The van der Waals surface area contributed by atoms with Gasteiger partial charge in [-0.1, -0.05) is 78.9 Å². The normalized spacial score (nSPS) is 14.4. The second-order valence-electron chi connectivity index (χ2n) is 9.29. The summed E-state index contributed by atoms with van der Waals surface area (Å²) in [7, 11) is 1.59. The van der Waals surface area contributed by atoms with Crippen molar-refractivity contribution in [3.05, 3.63) is 118 Å². The van der Waals surface area contributed by atoms with E-state index in [1.165, 1.54) is 22.5 Å². The Balaban J connectivity index is 0.000000909. The van der Waals surface area contributed by atoms with Crippen LogP contribution >= 0.6 is 11.8 Å². The van der Waals surface area contributed by atoms with Gasteiger partial charge in [-0.05, 0) is 39.6 Å². The topological polar surface area (TPSA) is 109 Å². The Bertz CT molecular complexity index is 1600. The van der Waals surface area contributed by atoms with E-state index in [4.69, 9.17) is 19.4 Å². The molecule has 0 aliphatic carbocycles. The Hall–Kier alpha value is -4.74. The number of amides is 1. The molecule has 0 saturated carbocycles. The van der Waals surface area contributed by atoms with Gasteiger partial charge >= 0.3 is 0 Å². The number of rotatable bonds is 8. The Morgan fingerprint density at radius 3 is 2.46 bits per heavy atom. The molecular formula is C33H30N2O5S. The van der Waals surface area contributed by atoms with E-state index in [2.05, 4.69) is 35.7 Å². The molecule has 1 atom stereocenters. The molecule has 41 heavy (non-hydrogen) atoms. The fourth-order valence-corrected chi connectivity index (χ4v) is 5.62. The van der Waals surface area contributed by atoms with Gasteiger partial charge in [-0.3, -0.25) is 9.59 Å². The number of nitrogens with one attached hydrogen (secondary N) is 1. The lowest BCUT2D eigenvalue weighted by Crippen LogP contribution is -2.30. The fraction of sp³-hybridized carbons (Fsp3) is 0.182. The summed E-state index contributed by atoms with van der Waals surface area (Å²) in [5.74, 6) is 0.536. The van der Waals surface area contributed by atoms with Gasteiger partial charge in [0.05, 0.1) is 23.8 Å². The molecule has 0 aromatic heterocycles. The Morgan fingerprint density at radius 1 is 1.02 bits per heavy atom. The molecule has 0 radical (unpaired) electrons. The van der Waals surface area contributed by atoms with Crippen LogP contribution in [0.2, 0.25) is 0 Å². The van der Waals surface area contributed by atoms with Gasteiger partial charge in [0.1, 0.15) is 6.61 Å². The molecule has 1 unspecified atom stereocenters. The molecule has 5 rings (SSSR count). The van der Waals surface area contributed by atoms with Crippen molar-refractivity contribution in [2.24, 2.45) is 0 Å². The van der Waals surface area contributed by atoms with Crippen LogP contribution in [0.3, 0.4) is 0 Å².